The Hall–Kier alpha value is -2.04. The third-order valence-corrected chi connectivity index (χ3v) is 3.94. The van der Waals surface area contributed by atoms with Crippen molar-refractivity contribution in [3.8, 4) is 0 Å². The Morgan fingerprint density at radius 1 is 1.47 bits per heavy atom. The quantitative estimate of drug-likeness (QED) is 0.915. The highest BCUT2D eigenvalue weighted by Gasteiger charge is 2.46. The van der Waals surface area contributed by atoms with Gasteiger partial charge in [-0.1, -0.05) is 6.07 Å². The molecule has 0 bridgehead atoms. The van der Waals surface area contributed by atoms with E-state index >= 15 is 0 Å². The molecule has 1 saturated carbocycles. The predicted molar refractivity (Wildman–Crippen MR) is 69.3 cm³/mol. The van der Waals surface area contributed by atoms with Crippen LogP contribution < -0.4 is 5.76 Å². The highest BCUT2D eigenvalue weighted by Crippen LogP contribution is 2.51. The van der Waals surface area contributed by atoms with E-state index in [1.807, 2.05) is 19.1 Å². The lowest BCUT2D eigenvalue weighted by Crippen LogP contribution is -2.14. The molecule has 2 aromatic rings. The number of carboxylic acid groups (broad SMARTS) is 1. The lowest BCUT2D eigenvalue weighted by Gasteiger charge is -2.13. The zero-order chi connectivity index (χ0) is 13.6. The van der Waals surface area contributed by atoms with Gasteiger partial charge in [0.15, 0.2) is 5.58 Å². The average Bonchev–Trinajstić information content (AvgIpc) is 3.04. The maximum Gasteiger partial charge on any atom is 0.419 e. The van der Waals surface area contributed by atoms with Crippen molar-refractivity contribution in [3.05, 3.63) is 34.3 Å². The number of aryl methyl sites for hydroxylation is 1. The number of aliphatic carboxylic acids is 1. The largest absolute Gasteiger partial charge is 0.481 e. The summed E-state index contributed by atoms with van der Waals surface area (Å²) >= 11 is 0. The molecule has 19 heavy (non-hydrogen) atoms. The van der Waals surface area contributed by atoms with Crippen molar-refractivity contribution >= 4 is 17.1 Å². The smallest absolute Gasteiger partial charge is 0.419 e. The van der Waals surface area contributed by atoms with Crippen molar-refractivity contribution in [2.75, 3.05) is 0 Å². The maximum atomic E-state index is 11.6. The Morgan fingerprint density at radius 2 is 2.21 bits per heavy atom. The van der Waals surface area contributed by atoms with E-state index in [9.17, 15) is 9.59 Å². The summed E-state index contributed by atoms with van der Waals surface area (Å²) in [5.41, 5.74) is 2.06. The van der Waals surface area contributed by atoms with E-state index in [1.54, 1.807) is 10.6 Å². The number of carbonyl (C=O) groups is 1. The SMILES string of the molecule is CCn1c(=O)oc2ccc(C3(CC(=O)O)CC3)cc21. The van der Waals surface area contributed by atoms with E-state index in [0.717, 1.165) is 23.9 Å². The third-order valence-electron chi connectivity index (χ3n) is 3.94. The Kier molecular flexibility index (Phi) is 2.52. The minimum absolute atomic E-state index is 0.146. The summed E-state index contributed by atoms with van der Waals surface area (Å²) in [5.74, 6) is -1.14. The second-order valence-electron chi connectivity index (χ2n) is 5.15. The molecule has 0 saturated heterocycles. The van der Waals surface area contributed by atoms with Gasteiger partial charge in [-0.15, -0.1) is 0 Å². The molecule has 0 aliphatic heterocycles. The Morgan fingerprint density at radius 3 is 2.79 bits per heavy atom. The molecule has 1 N–H and O–H groups in total. The first-order valence-electron chi connectivity index (χ1n) is 6.41. The number of oxazole rings is 1. The molecule has 5 heteroatoms. The molecule has 0 spiro atoms. The van der Waals surface area contributed by atoms with E-state index in [-0.39, 0.29) is 17.6 Å². The van der Waals surface area contributed by atoms with Gasteiger partial charge in [-0.2, -0.15) is 0 Å². The van der Waals surface area contributed by atoms with Gasteiger partial charge >= 0.3 is 11.7 Å². The molecule has 1 fully saturated rings. The van der Waals surface area contributed by atoms with Gasteiger partial charge in [-0.3, -0.25) is 9.36 Å². The molecule has 1 aromatic heterocycles. The lowest BCUT2D eigenvalue weighted by molar-refractivity contribution is -0.137. The second kappa shape index (κ2) is 3.98. The van der Waals surface area contributed by atoms with Crippen LogP contribution in [0.2, 0.25) is 0 Å². The fraction of sp³-hybridized carbons (Fsp3) is 0.429. The molecule has 5 nitrogen and oxygen atoms in total. The maximum absolute atomic E-state index is 11.6. The van der Waals surface area contributed by atoms with E-state index in [2.05, 4.69) is 0 Å². The van der Waals surface area contributed by atoms with Crippen molar-refractivity contribution in [2.24, 2.45) is 0 Å². The topological polar surface area (TPSA) is 72.4 Å². The highest BCUT2D eigenvalue weighted by atomic mass is 16.4. The summed E-state index contributed by atoms with van der Waals surface area (Å²) < 4.78 is 6.72. The van der Waals surface area contributed by atoms with Crippen LogP contribution in [0.3, 0.4) is 0 Å². The summed E-state index contributed by atoms with van der Waals surface area (Å²) in [6.45, 7) is 2.42. The molecule has 3 rings (SSSR count). The summed E-state index contributed by atoms with van der Waals surface area (Å²) in [7, 11) is 0. The van der Waals surface area contributed by atoms with Crippen LogP contribution in [-0.4, -0.2) is 15.6 Å². The van der Waals surface area contributed by atoms with Gasteiger partial charge in [0.05, 0.1) is 11.9 Å². The number of aromatic nitrogens is 1. The number of hydrogen-bond donors (Lipinski definition) is 1. The number of hydrogen-bond acceptors (Lipinski definition) is 3. The molecule has 100 valence electrons. The van der Waals surface area contributed by atoms with E-state index < -0.39 is 5.97 Å². The molecule has 1 heterocycles. The minimum Gasteiger partial charge on any atom is -0.481 e. The van der Waals surface area contributed by atoms with Crippen LogP contribution >= 0.6 is 0 Å². The first-order valence-corrected chi connectivity index (χ1v) is 6.41. The molecule has 0 atom stereocenters. The molecule has 0 amide bonds. The van der Waals surface area contributed by atoms with Crippen molar-refractivity contribution in [1.82, 2.24) is 4.57 Å². The third kappa shape index (κ3) is 1.85. The molecular formula is C14H15NO4. The van der Waals surface area contributed by atoms with Crippen LogP contribution in [0.1, 0.15) is 31.7 Å². The molecule has 0 radical (unpaired) electrons. The zero-order valence-electron chi connectivity index (χ0n) is 10.7. The summed E-state index contributed by atoms with van der Waals surface area (Å²) in [6.07, 6.45) is 1.92. The zero-order valence-corrected chi connectivity index (χ0v) is 10.7. The molecular weight excluding hydrogens is 246 g/mol. The van der Waals surface area contributed by atoms with Gasteiger partial charge < -0.3 is 9.52 Å². The van der Waals surface area contributed by atoms with Crippen molar-refractivity contribution < 1.29 is 14.3 Å². The number of benzene rings is 1. The fourth-order valence-electron chi connectivity index (χ4n) is 2.70. The van der Waals surface area contributed by atoms with Crippen molar-refractivity contribution in [1.29, 1.82) is 0 Å². The standard InChI is InChI=1S/C14H15NO4/c1-2-15-10-7-9(3-4-11(10)19-13(15)18)14(5-6-14)8-12(16)17/h3-4,7H,2,5-6,8H2,1H3,(H,16,17). The van der Waals surface area contributed by atoms with Gasteiger partial charge in [0.2, 0.25) is 0 Å². The van der Waals surface area contributed by atoms with Crippen LogP contribution in [0.15, 0.2) is 27.4 Å². The fourth-order valence-corrected chi connectivity index (χ4v) is 2.70. The highest BCUT2D eigenvalue weighted by molar-refractivity contribution is 5.76. The summed E-state index contributed by atoms with van der Waals surface area (Å²) in [6, 6.07) is 5.54. The number of nitrogens with zero attached hydrogens (tertiary/aromatic N) is 1. The average molecular weight is 261 g/mol. The molecule has 0 unspecified atom stereocenters. The Labute approximate surface area is 109 Å². The Bertz CT molecular complexity index is 706. The van der Waals surface area contributed by atoms with Crippen molar-refractivity contribution in [3.63, 3.8) is 0 Å². The Balaban J connectivity index is 2.11. The lowest BCUT2D eigenvalue weighted by atomic mass is 9.92. The van der Waals surface area contributed by atoms with Crippen LogP contribution in [0, 0.1) is 0 Å². The van der Waals surface area contributed by atoms with Crippen LogP contribution in [0.5, 0.6) is 0 Å². The van der Waals surface area contributed by atoms with Crippen LogP contribution in [0.4, 0.5) is 0 Å². The second-order valence-corrected chi connectivity index (χ2v) is 5.15. The van der Waals surface area contributed by atoms with Gasteiger partial charge in [0.25, 0.3) is 0 Å². The van der Waals surface area contributed by atoms with E-state index in [0.29, 0.717) is 12.1 Å². The first-order chi connectivity index (χ1) is 9.05. The summed E-state index contributed by atoms with van der Waals surface area (Å²) in [4.78, 5) is 22.6. The number of rotatable bonds is 4. The number of fused-ring (bicyclic) bond motifs is 1. The van der Waals surface area contributed by atoms with E-state index in [1.165, 1.54) is 0 Å². The van der Waals surface area contributed by atoms with Crippen LogP contribution in [-0.2, 0) is 16.8 Å². The molecule has 1 aromatic carbocycles. The van der Waals surface area contributed by atoms with Gasteiger partial charge in [0.1, 0.15) is 0 Å². The monoisotopic (exact) mass is 261 g/mol. The summed E-state index contributed by atoms with van der Waals surface area (Å²) in [5, 5.41) is 8.99. The van der Waals surface area contributed by atoms with Crippen molar-refractivity contribution in [2.45, 2.75) is 38.1 Å². The normalized spacial score (nSPS) is 16.7. The molecule has 1 aliphatic carbocycles. The minimum atomic E-state index is -0.780. The first kappa shape index (κ1) is 12.0. The number of carboxylic acids is 1. The van der Waals surface area contributed by atoms with Gasteiger partial charge in [-0.05, 0) is 37.5 Å². The van der Waals surface area contributed by atoms with Crippen LogP contribution in [0.25, 0.3) is 11.1 Å². The van der Waals surface area contributed by atoms with Gasteiger partial charge in [0, 0.05) is 12.0 Å². The van der Waals surface area contributed by atoms with Gasteiger partial charge in [-0.25, -0.2) is 4.79 Å². The molecule has 1 aliphatic rings. The van der Waals surface area contributed by atoms with E-state index in [4.69, 9.17) is 9.52 Å². The predicted octanol–water partition coefficient (Wildman–Crippen LogP) is 2.12.